The minimum Gasteiger partial charge on any atom is -0.324 e. The number of aryl methyl sites for hydroxylation is 1. The van der Waals surface area contributed by atoms with Crippen LogP contribution in [0.4, 0.5) is 10.5 Å². The number of hydrogen-bond acceptors (Lipinski definition) is 3. The van der Waals surface area contributed by atoms with Gasteiger partial charge in [0.1, 0.15) is 0 Å². The van der Waals surface area contributed by atoms with Crippen molar-refractivity contribution in [3.63, 3.8) is 0 Å². The number of piperidine rings is 1. The SMILES string of the molecule is Cc1ccc(NC(=O)N2CCC3(CC2)N[C@@H](Cc2ccccc2)C(=O)N3Cc2ccccc2)cc1. The van der Waals surface area contributed by atoms with E-state index in [1.165, 1.54) is 0 Å². The van der Waals surface area contributed by atoms with Gasteiger partial charge in [0.25, 0.3) is 0 Å². The molecule has 5 rings (SSSR count). The van der Waals surface area contributed by atoms with E-state index in [2.05, 4.69) is 34.9 Å². The van der Waals surface area contributed by atoms with Gasteiger partial charge in [0.2, 0.25) is 5.91 Å². The van der Waals surface area contributed by atoms with Gasteiger partial charge in [-0.25, -0.2) is 4.79 Å². The van der Waals surface area contributed by atoms with Crippen molar-refractivity contribution in [2.45, 2.75) is 44.4 Å². The molecular formula is C29H32N4O2. The summed E-state index contributed by atoms with van der Waals surface area (Å²) in [5.74, 6) is 0.135. The summed E-state index contributed by atoms with van der Waals surface area (Å²) in [7, 11) is 0. The number of carbonyl (C=O) groups is 2. The first-order chi connectivity index (χ1) is 17.0. The molecule has 0 aromatic heterocycles. The van der Waals surface area contributed by atoms with Crippen molar-refractivity contribution in [2.75, 3.05) is 18.4 Å². The Morgan fingerprint density at radius 3 is 2.14 bits per heavy atom. The largest absolute Gasteiger partial charge is 0.324 e. The molecule has 6 nitrogen and oxygen atoms in total. The smallest absolute Gasteiger partial charge is 0.321 e. The average Bonchev–Trinajstić information content (AvgIpc) is 3.12. The summed E-state index contributed by atoms with van der Waals surface area (Å²) >= 11 is 0. The van der Waals surface area contributed by atoms with Crippen LogP contribution in [0.3, 0.4) is 0 Å². The van der Waals surface area contributed by atoms with Crippen LogP contribution >= 0.6 is 0 Å². The van der Waals surface area contributed by atoms with E-state index in [1.54, 1.807) is 0 Å². The highest BCUT2D eigenvalue weighted by atomic mass is 16.2. The summed E-state index contributed by atoms with van der Waals surface area (Å²) in [4.78, 5) is 30.4. The van der Waals surface area contributed by atoms with E-state index in [0.29, 0.717) is 38.9 Å². The molecule has 0 unspecified atom stereocenters. The Hall–Kier alpha value is -3.64. The normalized spacial score (nSPS) is 19.2. The highest BCUT2D eigenvalue weighted by Gasteiger charge is 2.51. The number of amides is 3. The minimum atomic E-state index is -0.451. The fraction of sp³-hybridized carbons (Fsp3) is 0.310. The standard InChI is InChI=1S/C29H32N4O2/c1-22-12-14-25(15-13-22)30-28(35)32-18-16-29(17-19-32)31-26(20-23-8-4-2-5-9-23)27(34)33(29)21-24-10-6-3-7-11-24/h2-15,26,31H,16-21H2,1H3,(H,30,35)/t26-/m0/s1. The van der Waals surface area contributed by atoms with Crippen LogP contribution in [-0.2, 0) is 17.8 Å². The number of nitrogens with one attached hydrogen (secondary N) is 2. The third-order valence-corrected chi connectivity index (χ3v) is 7.17. The molecule has 180 valence electrons. The van der Waals surface area contributed by atoms with Crippen LogP contribution in [0.25, 0.3) is 0 Å². The summed E-state index contributed by atoms with van der Waals surface area (Å²) in [5, 5.41) is 6.71. The van der Waals surface area contributed by atoms with Crippen molar-refractivity contribution in [3.05, 3.63) is 102 Å². The third-order valence-electron chi connectivity index (χ3n) is 7.17. The van der Waals surface area contributed by atoms with Crippen LogP contribution in [0, 0.1) is 6.92 Å². The molecule has 3 aromatic rings. The lowest BCUT2D eigenvalue weighted by Gasteiger charge is -2.44. The van der Waals surface area contributed by atoms with Gasteiger partial charge < -0.3 is 15.1 Å². The number of urea groups is 1. The molecule has 2 N–H and O–H groups in total. The average molecular weight is 469 g/mol. The van der Waals surface area contributed by atoms with E-state index in [4.69, 9.17) is 0 Å². The van der Waals surface area contributed by atoms with Gasteiger partial charge in [-0.05, 0) is 36.6 Å². The predicted octanol–water partition coefficient (Wildman–Crippen LogP) is 4.56. The Labute approximate surface area is 206 Å². The lowest BCUT2D eigenvalue weighted by molar-refractivity contribution is -0.134. The quantitative estimate of drug-likeness (QED) is 0.577. The van der Waals surface area contributed by atoms with Gasteiger partial charge >= 0.3 is 6.03 Å². The van der Waals surface area contributed by atoms with Crippen LogP contribution in [0.5, 0.6) is 0 Å². The molecule has 0 saturated carbocycles. The number of benzene rings is 3. The van der Waals surface area contributed by atoms with Gasteiger partial charge in [-0.3, -0.25) is 10.1 Å². The first-order valence-corrected chi connectivity index (χ1v) is 12.3. The molecule has 0 radical (unpaired) electrons. The monoisotopic (exact) mass is 468 g/mol. The Balaban J connectivity index is 1.31. The maximum absolute atomic E-state index is 13.6. The molecular weight excluding hydrogens is 436 g/mol. The zero-order valence-electron chi connectivity index (χ0n) is 20.1. The molecule has 1 atom stereocenters. The van der Waals surface area contributed by atoms with E-state index >= 15 is 0 Å². The van der Waals surface area contributed by atoms with Crippen LogP contribution < -0.4 is 10.6 Å². The first kappa shape index (κ1) is 23.1. The second kappa shape index (κ2) is 9.92. The van der Waals surface area contributed by atoms with Gasteiger partial charge in [0.15, 0.2) is 0 Å². The van der Waals surface area contributed by atoms with E-state index < -0.39 is 5.66 Å². The van der Waals surface area contributed by atoms with Crippen molar-refractivity contribution < 1.29 is 9.59 Å². The lowest BCUT2D eigenvalue weighted by atomic mass is 9.95. The Morgan fingerprint density at radius 2 is 1.51 bits per heavy atom. The summed E-state index contributed by atoms with van der Waals surface area (Å²) < 4.78 is 0. The van der Waals surface area contributed by atoms with Crippen LogP contribution in [-0.4, -0.2) is 46.5 Å². The van der Waals surface area contributed by atoms with Gasteiger partial charge in [-0.2, -0.15) is 0 Å². The second-order valence-corrected chi connectivity index (χ2v) is 9.61. The van der Waals surface area contributed by atoms with E-state index in [9.17, 15) is 9.59 Å². The molecule has 2 saturated heterocycles. The van der Waals surface area contributed by atoms with E-state index in [1.807, 2.05) is 77.4 Å². The Bertz CT molecular complexity index is 1160. The highest BCUT2D eigenvalue weighted by molar-refractivity contribution is 5.89. The van der Waals surface area contributed by atoms with Crippen molar-refractivity contribution in [1.82, 2.24) is 15.1 Å². The number of carbonyl (C=O) groups excluding carboxylic acids is 2. The molecule has 2 heterocycles. The number of rotatable bonds is 5. The topological polar surface area (TPSA) is 64.7 Å². The van der Waals surface area contributed by atoms with Gasteiger partial charge in [-0.15, -0.1) is 0 Å². The number of nitrogens with zero attached hydrogens (tertiary/aromatic N) is 2. The summed E-state index contributed by atoms with van der Waals surface area (Å²) in [6, 6.07) is 27.8. The first-order valence-electron chi connectivity index (χ1n) is 12.3. The molecule has 2 aliphatic rings. The van der Waals surface area contributed by atoms with E-state index in [-0.39, 0.29) is 18.0 Å². The number of hydrogen-bond donors (Lipinski definition) is 2. The third kappa shape index (κ3) is 5.08. The summed E-state index contributed by atoms with van der Waals surface area (Å²) in [6.45, 7) is 3.76. The fourth-order valence-corrected chi connectivity index (χ4v) is 5.18. The zero-order chi connectivity index (χ0) is 24.3. The molecule has 6 heteroatoms. The fourth-order valence-electron chi connectivity index (χ4n) is 5.18. The molecule has 2 fully saturated rings. The Kier molecular flexibility index (Phi) is 6.55. The number of likely N-dealkylation sites (tertiary alicyclic amines) is 1. The summed E-state index contributed by atoms with van der Waals surface area (Å²) in [6.07, 6.45) is 2.04. The van der Waals surface area contributed by atoms with Crippen molar-refractivity contribution in [1.29, 1.82) is 0 Å². The molecule has 3 amide bonds. The van der Waals surface area contributed by atoms with E-state index in [0.717, 1.165) is 22.4 Å². The highest BCUT2D eigenvalue weighted by Crippen LogP contribution is 2.35. The van der Waals surface area contributed by atoms with Gasteiger partial charge in [0.05, 0.1) is 11.7 Å². The van der Waals surface area contributed by atoms with Crippen LogP contribution in [0.2, 0.25) is 0 Å². The lowest BCUT2D eigenvalue weighted by Crippen LogP contribution is -2.59. The molecule has 2 aliphatic heterocycles. The molecule has 0 aliphatic carbocycles. The maximum atomic E-state index is 13.6. The van der Waals surface area contributed by atoms with Crippen LogP contribution in [0.15, 0.2) is 84.9 Å². The predicted molar refractivity (Wildman–Crippen MR) is 138 cm³/mol. The number of anilines is 1. The van der Waals surface area contributed by atoms with Gasteiger partial charge in [0, 0.05) is 38.2 Å². The van der Waals surface area contributed by atoms with Gasteiger partial charge in [-0.1, -0.05) is 78.4 Å². The Morgan fingerprint density at radius 1 is 0.914 bits per heavy atom. The zero-order valence-corrected chi connectivity index (χ0v) is 20.1. The van der Waals surface area contributed by atoms with Crippen molar-refractivity contribution in [2.24, 2.45) is 0 Å². The van der Waals surface area contributed by atoms with Crippen LogP contribution in [0.1, 0.15) is 29.5 Å². The van der Waals surface area contributed by atoms with Crippen molar-refractivity contribution in [3.8, 4) is 0 Å². The molecule has 0 bridgehead atoms. The second-order valence-electron chi connectivity index (χ2n) is 9.61. The molecule has 35 heavy (non-hydrogen) atoms. The maximum Gasteiger partial charge on any atom is 0.321 e. The minimum absolute atomic E-state index is 0.0940. The molecule has 3 aromatic carbocycles. The summed E-state index contributed by atoms with van der Waals surface area (Å²) in [5.41, 5.74) is 3.76. The van der Waals surface area contributed by atoms with Crippen molar-refractivity contribution >= 4 is 17.6 Å². The molecule has 1 spiro atoms.